The summed E-state index contributed by atoms with van der Waals surface area (Å²) in [6, 6.07) is 0. The van der Waals surface area contributed by atoms with Crippen LogP contribution >= 0.6 is 11.6 Å². The highest BCUT2D eigenvalue weighted by molar-refractivity contribution is 7.92. The highest BCUT2D eigenvalue weighted by Crippen LogP contribution is 2.39. The topological polar surface area (TPSA) is 90.0 Å². The van der Waals surface area contributed by atoms with Crippen LogP contribution in [0.3, 0.4) is 0 Å². The van der Waals surface area contributed by atoms with E-state index in [2.05, 4.69) is 4.74 Å². The maximum atomic E-state index is 11.9. The Labute approximate surface area is 108 Å². The number of rotatable bonds is 2. The zero-order valence-corrected chi connectivity index (χ0v) is 11.1. The van der Waals surface area contributed by atoms with E-state index in [9.17, 15) is 18.0 Å². The van der Waals surface area contributed by atoms with Gasteiger partial charge in [-0.3, -0.25) is 9.69 Å². The van der Waals surface area contributed by atoms with Crippen LogP contribution in [0.2, 0.25) is 0 Å². The predicted octanol–water partition coefficient (Wildman–Crippen LogP) is -0.779. The lowest BCUT2D eigenvalue weighted by Crippen LogP contribution is -2.70. The van der Waals surface area contributed by atoms with Crippen LogP contribution < -0.4 is 0 Å². The number of esters is 1. The third-order valence-corrected chi connectivity index (χ3v) is 5.18. The van der Waals surface area contributed by atoms with E-state index in [-0.39, 0.29) is 10.7 Å². The molecule has 0 spiro atoms. The third kappa shape index (κ3) is 1.63. The summed E-state index contributed by atoms with van der Waals surface area (Å²) in [7, 11) is -1.31. The average Bonchev–Trinajstić information content (AvgIpc) is 2.29. The molecule has 1 unspecified atom stereocenters. The number of methoxy groups -OCH3 is 2. The van der Waals surface area contributed by atoms with Crippen molar-refractivity contribution in [1.82, 2.24) is 4.90 Å². The van der Waals surface area contributed by atoms with Gasteiger partial charge < -0.3 is 9.47 Å². The zero-order chi connectivity index (χ0) is 13.7. The molecule has 2 atom stereocenters. The second kappa shape index (κ2) is 4.22. The van der Waals surface area contributed by atoms with Crippen molar-refractivity contribution in [3.8, 4) is 0 Å². The first-order valence-corrected chi connectivity index (χ1v) is 6.99. The maximum absolute atomic E-state index is 11.9. The van der Waals surface area contributed by atoms with Crippen molar-refractivity contribution in [2.24, 2.45) is 0 Å². The third-order valence-electron chi connectivity index (χ3n) is 2.82. The Balaban J connectivity index is 2.52. The SMILES string of the molecule is COC(=O)C1=C(Cl)CS(=O)(=O)C2[C@H](OC)C(=O)N12. The summed E-state index contributed by atoms with van der Waals surface area (Å²) in [5, 5.41) is -1.42. The fraction of sp³-hybridized carbons (Fsp3) is 0.556. The van der Waals surface area contributed by atoms with Crippen LogP contribution in [0.4, 0.5) is 0 Å². The van der Waals surface area contributed by atoms with E-state index in [0.29, 0.717) is 0 Å². The molecular formula is C9H10ClNO6S. The lowest BCUT2D eigenvalue weighted by Gasteiger charge is -2.47. The first-order valence-electron chi connectivity index (χ1n) is 4.89. The molecule has 0 aromatic heterocycles. The number of sulfone groups is 1. The fourth-order valence-electron chi connectivity index (χ4n) is 2.01. The van der Waals surface area contributed by atoms with E-state index < -0.39 is 38.9 Å². The number of carbonyl (C=O) groups is 2. The van der Waals surface area contributed by atoms with Crippen molar-refractivity contribution in [1.29, 1.82) is 0 Å². The van der Waals surface area contributed by atoms with Crippen molar-refractivity contribution < 1.29 is 27.5 Å². The fourth-order valence-corrected chi connectivity index (χ4v) is 4.43. The Morgan fingerprint density at radius 3 is 2.56 bits per heavy atom. The van der Waals surface area contributed by atoms with Gasteiger partial charge in [0.2, 0.25) is 0 Å². The minimum Gasteiger partial charge on any atom is -0.464 e. The van der Waals surface area contributed by atoms with Gasteiger partial charge >= 0.3 is 5.97 Å². The molecule has 18 heavy (non-hydrogen) atoms. The van der Waals surface area contributed by atoms with Gasteiger partial charge in [-0.15, -0.1) is 0 Å². The molecule has 0 radical (unpaired) electrons. The van der Waals surface area contributed by atoms with E-state index >= 15 is 0 Å². The Morgan fingerprint density at radius 2 is 2.06 bits per heavy atom. The number of hydrogen-bond donors (Lipinski definition) is 0. The molecule has 1 saturated heterocycles. The molecule has 0 N–H and O–H groups in total. The lowest BCUT2D eigenvalue weighted by molar-refractivity contribution is -0.163. The predicted molar refractivity (Wildman–Crippen MR) is 60.1 cm³/mol. The first kappa shape index (κ1) is 13.3. The quantitative estimate of drug-likeness (QED) is 0.490. The van der Waals surface area contributed by atoms with Crippen LogP contribution in [0.5, 0.6) is 0 Å². The summed E-state index contributed by atoms with van der Waals surface area (Å²) in [5.74, 6) is -1.97. The van der Waals surface area contributed by atoms with E-state index in [1.54, 1.807) is 0 Å². The Bertz CT molecular complexity index is 553. The maximum Gasteiger partial charge on any atom is 0.356 e. The molecule has 0 saturated carbocycles. The summed E-state index contributed by atoms with van der Waals surface area (Å²) >= 11 is 5.76. The number of β-lactam (4-membered cyclic amide) rings is 1. The van der Waals surface area contributed by atoms with Crippen molar-refractivity contribution in [2.75, 3.05) is 20.0 Å². The van der Waals surface area contributed by atoms with Gasteiger partial charge in [0.1, 0.15) is 5.70 Å². The van der Waals surface area contributed by atoms with Crippen molar-refractivity contribution >= 4 is 33.3 Å². The molecule has 9 heteroatoms. The highest BCUT2D eigenvalue weighted by atomic mass is 35.5. The molecule has 1 amide bonds. The smallest absolute Gasteiger partial charge is 0.356 e. The minimum absolute atomic E-state index is 0.221. The Morgan fingerprint density at radius 1 is 1.44 bits per heavy atom. The normalized spacial score (nSPS) is 29.7. The number of fused-ring (bicyclic) bond motifs is 1. The Kier molecular flexibility index (Phi) is 3.12. The second-order valence-corrected chi connectivity index (χ2v) is 6.36. The molecule has 0 aliphatic carbocycles. The van der Waals surface area contributed by atoms with E-state index in [1.807, 2.05) is 0 Å². The number of hydrogen-bond acceptors (Lipinski definition) is 6. The summed E-state index contributed by atoms with van der Waals surface area (Å²) in [6.45, 7) is 0. The van der Waals surface area contributed by atoms with E-state index in [0.717, 1.165) is 12.0 Å². The number of nitrogens with zero attached hydrogens (tertiary/aromatic N) is 1. The van der Waals surface area contributed by atoms with Crippen molar-refractivity contribution in [2.45, 2.75) is 11.5 Å². The standard InChI is InChI=1S/C9H10ClNO6S/c1-16-6-7(12)11-5(9(13)17-2)4(10)3-18(14,15)8(6)11/h6,8H,3H2,1-2H3/t6-,8?/m1/s1. The molecule has 0 aromatic rings. The second-order valence-electron chi connectivity index (χ2n) is 3.81. The van der Waals surface area contributed by atoms with E-state index in [1.165, 1.54) is 7.11 Å². The van der Waals surface area contributed by atoms with E-state index in [4.69, 9.17) is 16.3 Å². The molecule has 2 aliphatic heterocycles. The van der Waals surface area contributed by atoms with Crippen LogP contribution in [0.1, 0.15) is 0 Å². The van der Waals surface area contributed by atoms with Gasteiger partial charge in [0.25, 0.3) is 5.91 Å². The number of amides is 1. The monoisotopic (exact) mass is 295 g/mol. The number of ether oxygens (including phenoxy) is 2. The Hall–Kier alpha value is -1.12. The molecular weight excluding hydrogens is 286 g/mol. The van der Waals surface area contributed by atoms with Gasteiger partial charge in [0, 0.05) is 7.11 Å². The largest absolute Gasteiger partial charge is 0.464 e. The van der Waals surface area contributed by atoms with Crippen molar-refractivity contribution in [3.05, 3.63) is 10.7 Å². The number of carbonyl (C=O) groups excluding carboxylic acids is 2. The summed E-state index contributed by atoms with van der Waals surface area (Å²) in [5.41, 5.74) is -0.225. The minimum atomic E-state index is -3.66. The molecule has 2 aliphatic rings. The first-order chi connectivity index (χ1) is 8.35. The van der Waals surface area contributed by atoms with Crippen LogP contribution in [-0.2, 0) is 28.9 Å². The van der Waals surface area contributed by atoms with Crippen LogP contribution in [0, 0.1) is 0 Å². The van der Waals surface area contributed by atoms with Gasteiger partial charge in [0.05, 0.1) is 17.9 Å². The average molecular weight is 296 g/mol. The lowest BCUT2D eigenvalue weighted by atomic mass is 10.1. The van der Waals surface area contributed by atoms with Crippen LogP contribution in [0.25, 0.3) is 0 Å². The molecule has 2 heterocycles. The summed E-state index contributed by atoms with van der Waals surface area (Å²) < 4.78 is 33.1. The highest BCUT2D eigenvalue weighted by Gasteiger charge is 2.60. The number of halogens is 1. The molecule has 0 aromatic carbocycles. The molecule has 100 valence electrons. The summed E-state index contributed by atoms with van der Waals surface area (Å²) in [6.07, 6.45) is -1.10. The molecule has 0 bridgehead atoms. The summed E-state index contributed by atoms with van der Waals surface area (Å²) in [4.78, 5) is 24.1. The van der Waals surface area contributed by atoms with Gasteiger partial charge in [-0.1, -0.05) is 11.6 Å². The van der Waals surface area contributed by atoms with Gasteiger partial charge in [-0.25, -0.2) is 13.2 Å². The zero-order valence-electron chi connectivity index (χ0n) is 9.54. The van der Waals surface area contributed by atoms with Crippen LogP contribution in [0.15, 0.2) is 10.7 Å². The van der Waals surface area contributed by atoms with Gasteiger partial charge in [-0.2, -0.15) is 0 Å². The molecule has 1 fully saturated rings. The van der Waals surface area contributed by atoms with Crippen molar-refractivity contribution in [3.63, 3.8) is 0 Å². The van der Waals surface area contributed by atoms with Gasteiger partial charge in [0.15, 0.2) is 21.3 Å². The molecule has 2 rings (SSSR count). The van der Waals surface area contributed by atoms with Gasteiger partial charge in [-0.05, 0) is 0 Å². The molecule has 7 nitrogen and oxygen atoms in total. The van der Waals surface area contributed by atoms with Crippen LogP contribution in [-0.4, -0.2) is 56.6 Å².